The van der Waals surface area contributed by atoms with E-state index in [9.17, 15) is 15.0 Å². The van der Waals surface area contributed by atoms with Crippen LogP contribution in [-0.2, 0) is 4.74 Å². The standard InChI is InChI=1S/C14H16N2O5/c1-6-2-3-15-13-7(6)4-8(14(20)16-13)12-11(19)10(18)9(5-17)21-12/h2-4,9-12,17-19H,5H2,1H3,(H,15,16,20)/t9-,10?,11+,12+/m1/s1. The molecule has 0 aromatic carbocycles. The van der Waals surface area contributed by atoms with Crippen LogP contribution in [0.1, 0.15) is 17.2 Å². The van der Waals surface area contributed by atoms with E-state index in [1.165, 1.54) is 0 Å². The second kappa shape index (κ2) is 5.19. The van der Waals surface area contributed by atoms with Gasteiger partial charge in [-0.05, 0) is 24.6 Å². The molecule has 3 heterocycles. The van der Waals surface area contributed by atoms with Gasteiger partial charge in [0.25, 0.3) is 5.56 Å². The maximum atomic E-state index is 12.1. The molecular formula is C14H16N2O5. The number of aliphatic hydroxyl groups excluding tert-OH is 3. The van der Waals surface area contributed by atoms with E-state index in [2.05, 4.69) is 9.97 Å². The number of pyridine rings is 2. The number of aromatic nitrogens is 2. The Kier molecular flexibility index (Phi) is 3.50. The van der Waals surface area contributed by atoms with Gasteiger partial charge in [-0.3, -0.25) is 4.79 Å². The average molecular weight is 292 g/mol. The molecule has 1 saturated heterocycles. The fraction of sp³-hybridized carbons (Fsp3) is 0.429. The molecule has 21 heavy (non-hydrogen) atoms. The molecule has 0 amide bonds. The summed E-state index contributed by atoms with van der Waals surface area (Å²) < 4.78 is 5.39. The molecule has 0 bridgehead atoms. The van der Waals surface area contributed by atoms with Crippen molar-refractivity contribution in [3.05, 3.63) is 39.8 Å². The molecule has 3 aliphatic rings. The van der Waals surface area contributed by atoms with Crippen LogP contribution in [-0.4, -0.2) is 50.2 Å². The Morgan fingerprint density at radius 1 is 1.38 bits per heavy atom. The number of hydrogen-bond acceptors (Lipinski definition) is 6. The molecule has 0 aromatic rings. The number of fused-ring (bicyclic) bond motifs is 1. The van der Waals surface area contributed by atoms with E-state index in [-0.39, 0.29) is 5.56 Å². The van der Waals surface area contributed by atoms with Crippen molar-refractivity contribution in [2.75, 3.05) is 6.61 Å². The fourth-order valence-corrected chi connectivity index (χ4v) is 2.62. The first-order chi connectivity index (χ1) is 10.0. The minimum atomic E-state index is -1.28. The lowest BCUT2D eigenvalue weighted by Crippen LogP contribution is -2.33. The van der Waals surface area contributed by atoms with Gasteiger partial charge in [0.15, 0.2) is 0 Å². The molecule has 7 nitrogen and oxygen atoms in total. The number of aromatic amines is 1. The molecule has 3 rings (SSSR count). The SMILES string of the molecule is Cc1cc[nH]c2nc(=O)c([C@@H]3O[C@H](CO)C(O)[C@@H]3O)cc1-2. The van der Waals surface area contributed by atoms with Crippen molar-refractivity contribution in [3.8, 4) is 11.4 Å². The van der Waals surface area contributed by atoms with Gasteiger partial charge < -0.3 is 25.0 Å². The Morgan fingerprint density at radius 2 is 2.14 bits per heavy atom. The van der Waals surface area contributed by atoms with Gasteiger partial charge in [-0.25, -0.2) is 0 Å². The van der Waals surface area contributed by atoms with Crippen LogP contribution in [0.2, 0.25) is 0 Å². The summed E-state index contributed by atoms with van der Waals surface area (Å²) in [4.78, 5) is 18.9. The van der Waals surface area contributed by atoms with Crippen molar-refractivity contribution >= 4 is 0 Å². The van der Waals surface area contributed by atoms with E-state index in [1.807, 2.05) is 13.0 Å². The number of aryl methyl sites for hydroxylation is 1. The molecule has 0 radical (unpaired) electrons. The Morgan fingerprint density at radius 3 is 2.81 bits per heavy atom. The molecule has 0 saturated carbocycles. The summed E-state index contributed by atoms with van der Waals surface area (Å²) in [5.41, 5.74) is 1.31. The molecule has 112 valence electrons. The number of rotatable bonds is 2. The molecule has 7 heteroatoms. The third kappa shape index (κ3) is 2.24. The second-order valence-electron chi connectivity index (χ2n) is 5.20. The number of nitrogens with zero attached hydrogens (tertiary/aromatic N) is 1. The van der Waals surface area contributed by atoms with Gasteiger partial charge in [0.2, 0.25) is 0 Å². The van der Waals surface area contributed by atoms with Crippen LogP contribution in [0, 0.1) is 6.92 Å². The van der Waals surface area contributed by atoms with E-state index >= 15 is 0 Å². The van der Waals surface area contributed by atoms with Gasteiger partial charge in [-0.15, -0.1) is 0 Å². The summed E-state index contributed by atoms with van der Waals surface area (Å²) >= 11 is 0. The van der Waals surface area contributed by atoms with Crippen molar-refractivity contribution < 1.29 is 20.1 Å². The smallest absolute Gasteiger partial charge is 0.277 e. The van der Waals surface area contributed by atoms with Crippen molar-refractivity contribution in [2.45, 2.75) is 31.3 Å². The molecule has 4 N–H and O–H groups in total. The first-order valence-corrected chi connectivity index (χ1v) is 6.64. The summed E-state index contributed by atoms with van der Waals surface area (Å²) in [5, 5.41) is 28.9. The van der Waals surface area contributed by atoms with Crippen LogP contribution < -0.4 is 5.56 Å². The minimum absolute atomic E-state index is 0.174. The van der Waals surface area contributed by atoms with Gasteiger partial charge in [0.1, 0.15) is 30.2 Å². The molecule has 0 aliphatic carbocycles. The highest BCUT2D eigenvalue weighted by atomic mass is 16.6. The average Bonchev–Trinajstić information content (AvgIpc) is 2.75. The number of H-pyrrole nitrogens is 1. The lowest BCUT2D eigenvalue weighted by molar-refractivity contribution is -0.0231. The van der Waals surface area contributed by atoms with E-state index in [0.717, 1.165) is 11.1 Å². The summed E-state index contributed by atoms with van der Waals surface area (Å²) in [6, 6.07) is 3.45. The molecule has 1 fully saturated rings. The molecule has 3 aliphatic heterocycles. The molecular weight excluding hydrogens is 276 g/mol. The Balaban J connectivity index is 2.09. The number of nitrogens with one attached hydrogen (secondary N) is 1. The molecule has 0 spiro atoms. The zero-order valence-electron chi connectivity index (χ0n) is 11.4. The largest absolute Gasteiger partial charge is 0.394 e. The fourth-order valence-electron chi connectivity index (χ4n) is 2.62. The normalized spacial score (nSPS) is 29.1. The van der Waals surface area contributed by atoms with Crippen molar-refractivity contribution in [1.29, 1.82) is 0 Å². The summed E-state index contributed by atoms with van der Waals surface area (Å²) in [6.07, 6.45) is -2.73. The summed E-state index contributed by atoms with van der Waals surface area (Å²) in [6.45, 7) is 1.44. The third-order valence-electron chi connectivity index (χ3n) is 3.84. The highest BCUT2D eigenvalue weighted by Crippen LogP contribution is 2.33. The van der Waals surface area contributed by atoms with Gasteiger partial charge >= 0.3 is 0 Å². The predicted octanol–water partition coefficient (Wildman–Crippen LogP) is -0.663. The van der Waals surface area contributed by atoms with Crippen LogP contribution in [0.3, 0.4) is 0 Å². The van der Waals surface area contributed by atoms with E-state index in [4.69, 9.17) is 9.84 Å². The zero-order valence-corrected chi connectivity index (χ0v) is 11.4. The van der Waals surface area contributed by atoms with Gasteiger partial charge in [-0.2, -0.15) is 4.98 Å². The third-order valence-corrected chi connectivity index (χ3v) is 3.84. The number of hydrogen-bond donors (Lipinski definition) is 4. The quantitative estimate of drug-likeness (QED) is 0.584. The van der Waals surface area contributed by atoms with Crippen molar-refractivity contribution in [2.24, 2.45) is 0 Å². The lowest BCUT2D eigenvalue weighted by atomic mass is 9.99. The van der Waals surface area contributed by atoms with Crippen LogP contribution in [0.15, 0.2) is 23.1 Å². The number of ether oxygens (including phenoxy) is 1. The van der Waals surface area contributed by atoms with Crippen LogP contribution >= 0.6 is 0 Å². The lowest BCUT2D eigenvalue weighted by Gasteiger charge is -2.16. The predicted molar refractivity (Wildman–Crippen MR) is 72.9 cm³/mol. The second-order valence-corrected chi connectivity index (χ2v) is 5.20. The molecule has 0 aromatic heterocycles. The van der Waals surface area contributed by atoms with Crippen molar-refractivity contribution in [3.63, 3.8) is 0 Å². The molecule has 1 unspecified atom stereocenters. The monoisotopic (exact) mass is 292 g/mol. The highest BCUT2D eigenvalue weighted by molar-refractivity contribution is 5.61. The highest BCUT2D eigenvalue weighted by Gasteiger charge is 2.44. The topological polar surface area (TPSA) is 116 Å². The maximum Gasteiger partial charge on any atom is 0.277 e. The maximum absolute atomic E-state index is 12.1. The van der Waals surface area contributed by atoms with Gasteiger partial charge in [0.05, 0.1) is 12.2 Å². The zero-order chi connectivity index (χ0) is 15.1. The Bertz CT molecular complexity index is 686. The van der Waals surface area contributed by atoms with E-state index in [1.54, 1.807) is 12.3 Å². The van der Waals surface area contributed by atoms with E-state index < -0.39 is 36.6 Å². The Labute approximate surface area is 120 Å². The van der Waals surface area contributed by atoms with Crippen LogP contribution in [0.4, 0.5) is 0 Å². The van der Waals surface area contributed by atoms with Crippen molar-refractivity contribution in [1.82, 2.24) is 9.97 Å². The number of aliphatic hydroxyl groups is 3. The summed E-state index contributed by atoms with van der Waals surface area (Å²) in [5.74, 6) is 0.454. The van der Waals surface area contributed by atoms with Crippen LogP contribution in [0.5, 0.6) is 0 Å². The minimum Gasteiger partial charge on any atom is -0.394 e. The van der Waals surface area contributed by atoms with Gasteiger partial charge in [-0.1, -0.05) is 0 Å². The van der Waals surface area contributed by atoms with Crippen LogP contribution in [0.25, 0.3) is 11.4 Å². The summed E-state index contributed by atoms with van der Waals surface area (Å²) in [7, 11) is 0. The van der Waals surface area contributed by atoms with E-state index in [0.29, 0.717) is 5.82 Å². The van der Waals surface area contributed by atoms with Gasteiger partial charge in [0, 0.05) is 11.8 Å². The first-order valence-electron chi connectivity index (χ1n) is 6.64. The Hall–Kier alpha value is -1.80. The molecule has 4 atom stereocenters. The first kappa shape index (κ1) is 14.2.